The van der Waals surface area contributed by atoms with E-state index < -0.39 is 18.1 Å². The van der Waals surface area contributed by atoms with Gasteiger partial charge in [-0.15, -0.1) is 0 Å². The van der Waals surface area contributed by atoms with Gasteiger partial charge in [0.2, 0.25) is 0 Å². The van der Waals surface area contributed by atoms with Crippen molar-refractivity contribution in [3.63, 3.8) is 0 Å². The highest BCUT2D eigenvalue weighted by Gasteiger charge is 2.31. The lowest BCUT2D eigenvalue weighted by atomic mass is 10.1. The number of carbonyl (C=O) groups is 3. The summed E-state index contributed by atoms with van der Waals surface area (Å²) in [5, 5.41) is 9.63. The van der Waals surface area contributed by atoms with Gasteiger partial charge in [0.25, 0.3) is 0 Å². The molecule has 0 bridgehead atoms. The van der Waals surface area contributed by atoms with Crippen LogP contribution in [0, 0.1) is 0 Å². The molecule has 0 aromatic heterocycles. The summed E-state index contributed by atoms with van der Waals surface area (Å²) < 4.78 is 17.2. The van der Waals surface area contributed by atoms with Gasteiger partial charge in [-0.05, 0) is 64.2 Å². The average molecular weight is 827 g/mol. The number of aliphatic carboxylic acids is 1. The molecule has 8 heteroatoms. The molecule has 59 heavy (non-hydrogen) atoms. The highest BCUT2D eigenvalue weighted by Crippen LogP contribution is 2.14. The summed E-state index contributed by atoms with van der Waals surface area (Å²) in [6, 6.07) is -0.626. The third kappa shape index (κ3) is 40.0. The number of carboxylic acid groups (broad SMARTS) is 1. The minimum Gasteiger partial charge on any atom is -0.477 e. The van der Waals surface area contributed by atoms with E-state index in [1.54, 1.807) is 0 Å². The van der Waals surface area contributed by atoms with Crippen LogP contribution < -0.4 is 0 Å². The number of rotatable bonds is 41. The molecule has 0 radical (unpaired) electrons. The monoisotopic (exact) mass is 827 g/mol. The van der Waals surface area contributed by atoms with E-state index in [-0.39, 0.29) is 36.2 Å². The Morgan fingerprint density at radius 1 is 0.542 bits per heavy atom. The molecule has 0 aliphatic carbocycles. The number of carboxylic acids is 1. The fourth-order valence-electron chi connectivity index (χ4n) is 6.54. The Hall–Kier alpha value is -3.23. The standard InChI is InChI=1S/C51H87NO7/c1-6-8-10-12-14-16-18-20-21-22-23-24-25-26-27-28-30-32-34-36-38-40-42-50(54)59-47(45-57-44-43-48(51(55)56)52(3,4)5)46-58-49(53)41-39-37-35-33-31-29-19-17-15-13-11-9-7-2/h9,11,13,15,17,19,22-23,25-26,29,31,47-48H,6-8,10,12,14,16,18,20-21,24,27-28,30,32-46H2,1-5H3/p+1/b11-9+,15-13+,19-17+,23-22+,26-25+,31-29+. The maximum absolute atomic E-state index is 12.8. The number of nitrogens with zero attached hydrogens (tertiary/aromatic N) is 1. The lowest BCUT2D eigenvalue weighted by molar-refractivity contribution is -0.887. The second-order valence-corrected chi connectivity index (χ2v) is 16.7. The Morgan fingerprint density at radius 2 is 1.02 bits per heavy atom. The van der Waals surface area contributed by atoms with Crippen LogP contribution >= 0.6 is 0 Å². The molecule has 8 nitrogen and oxygen atoms in total. The maximum Gasteiger partial charge on any atom is 0.362 e. The lowest BCUT2D eigenvalue weighted by Gasteiger charge is -2.31. The van der Waals surface area contributed by atoms with E-state index in [0.29, 0.717) is 19.3 Å². The molecule has 0 aromatic rings. The van der Waals surface area contributed by atoms with Gasteiger partial charge in [-0.2, -0.15) is 0 Å². The summed E-state index contributed by atoms with van der Waals surface area (Å²) in [6.45, 7) is 4.54. The van der Waals surface area contributed by atoms with Crippen LogP contribution in [0.2, 0.25) is 0 Å². The minimum atomic E-state index is -0.885. The first-order chi connectivity index (χ1) is 28.6. The summed E-state index contributed by atoms with van der Waals surface area (Å²) in [7, 11) is 5.51. The molecule has 0 rings (SSSR count). The van der Waals surface area contributed by atoms with E-state index in [4.69, 9.17) is 14.2 Å². The van der Waals surface area contributed by atoms with E-state index in [1.165, 1.54) is 83.5 Å². The quantitative estimate of drug-likeness (QED) is 0.0215. The molecule has 0 heterocycles. The fourth-order valence-corrected chi connectivity index (χ4v) is 6.54. The Balaban J connectivity index is 4.33. The highest BCUT2D eigenvalue weighted by atomic mass is 16.6. The summed E-state index contributed by atoms with van der Waals surface area (Å²) in [5.41, 5.74) is 0. The third-order valence-electron chi connectivity index (χ3n) is 10.2. The Kier molecular flexibility index (Phi) is 39.2. The van der Waals surface area contributed by atoms with Crippen molar-refractivity contribution in [1.82, 2.24) is 0 Å². The molecular weight excluding hydrogens is 739 g/mol. The van der Waals surface area contributed by atoms with Gasteiger partial charge in [0.15, 0.2) is 12.1 Å². The van der Waals surface area contributed by atoms with Crippen molar-refractivity contribution in [1.29, 1.82) is 0 Å². The van der Waals surface area contributed by atoms with Crippen molar-refractivity contribution < 1.29 is 38.2 Å². The number of unbranched alkanes of at least 4 members (excludes halogenated alkanes) is 18. The molecule has 0 amide bonds. The molecule has 338 valence electrons. The molecule has 0 saturated carbocycles. The molecule has 0 aromatic carbocycles. The summed E-state index contributed by atoms with van der Waals surface area (Å²) in [4.78, 5) is 37.0. The number of hydrogen-bond donors (Lipinski definition) is 1. The summed E-state index contributed by atoms with van der Waals surface area (Å²) in [5.74, 6) is -1.53. The van der Waals surface area contributed by atoms with Gasteiger partial charge >= 0.3 is 17.9 Å². The van der Waals surface area contributed by atoms with E-state index >= 15 is 0 Å². The first-order valence-electron chi connectivity index (χ1n) is 23.5. The zero-order valence-electron chi connectivity index (χ0n) is 38.4. The highest BCUT2D eigenvalue weighted by molar-refractivity contribution is 5.72. The third-order valence-corrected chi connectivity index (χ3v) is 10.2. The van der Waals surface area contributed by atoms with Gasteiger partial charge in [-0.3, -0.25) is 9.59 Å². The number of hydrogen-bond acceptors (Lipinski definition) is 6. The molecule has 2 unspecified atom stereocenters. The predicted molar refractivity (Wildman–Crippen MR) is 247 cm³/mol. The number of allylic oxidation sites excluding steroid dienone is 12. The second kappa shape index (κ2) is 41.5. The molecule has 0 aliphatic heterocycles. The summed E-state index contributed by atoms with van der Waals surface area (Å²) >= 11 is 0. The number of likely N-dealkylation sites (N-methyl/N-ethyl adjacent to an activating group) is 1. The summed E-state index contributed by atoms with van der Waals surface area (Å²) in [6.07, 6.45) is 52.4. The first kappa shape index (κ1) is 55.8. The molecule has 0 saturated heterocycles. The Morgan fingerprint density at radius 3 is 1.56 bits per heavy atom. The van der Waals surface area contributed by atoms with Crippen molar-refractivity contribution in [2.75, 3.05) is 41.0 Å². The van der Waals surface area contributed by atoms with Gasteiger partial charge in [-0.1, -0.05) is 170 Å². The largest absolute Gasteiger partial charge is 0.477 e. The second-order valence-electron chi connectivity index (χ2n) is 16.7. The van der Waals surface area contributed by atoms with Crippen molar-refractivity contribution in [2.45, 2.75) is 193 Å². The Labute approximate surface area is 361 Å². The fraction of sp³-hybridized carbons (Fsp3) is 0.706. The topological polar surface area (TPSA) is 99.1 Å². The number of ether oxygens (including phenoxy) is 3. The molecule has 0 aliphatic rings. The minimum absolute atomic E-state index is 0.0414. The zero-order chi connectivity index (χ0) is 43.5. The van der Waals surface area contributed by atoms with E-state index in [2.05, 4.69) is 50.3 Å². The molecule has 0 fully saturated rings. The van der Waals surface area contributed by atoms with Crippen LogP contribution in [0.4, 0.5) is 0 Å². The SMILES string of the molecule is CC/C=C/C=C/C=C/C=C/CCCCCC(=O)OCC(COCCC(C(=O)O)[N+](C)(C)C)OC(=O)CCCCCCCCC/C=C/C/C=C/CCCCCCCCCC. The average Bonchev–Trinajstić information content (AvgIpc) is 3.19. The molecular formula is C51H88NO7+. The van der Waals surface area contributed by atoms with Crippen LogP contribution in [0.1, 0.15) is 181 Å². The number of carbonyl (C=O) groups excluding carboxylic acids is 2. The van der Waals surface area contributed by atoms with Gasteiger partial charge in [0.1, 0.15) is 6.61 Å². The van der Waals surface area contributed by atoms with Crippen LogP contribution in [0.25, 0.3) is 0 Å². The smallest absolute Gasteiger partial charge is 0.362 e. The number of quaternary nitrogens is 1. The van der Waals surface area contributed by atoms with Crippen molar-refractivity contribution >= 4 is 17.9 Å². The van der Waals surface area contributed by atoms with Crippen molar-refractivity contribution in [2.24, 2.45) is 0 Å². The first-order valence-corrected chi connectivity index (χ1v) is 23.5. The molecule has 2 atom stereocenters. The van der Waals surface area contributed by atoms with Crippen LogP contribution in [-0.2, 0) is 28.6 Å². The van der Waals surface area contributed by atoms with E-state index in [9.17, 15) is 19.5 Å². The van der Waals surface area contributed by atoms with Gasteiger partial charge in [0.05, 0.1) is 34.4 Å². The van der Waals surface area contributed by atoms with E-state index in [1.807, 2.05) is 57.6 Å². The van der Waals surface area contributed by atoms with E-state index in [0.717, 1.165) is 64.2 Å². The zero-order valence-corrected chi connectivity index (χ0v) is 38.4. The maximum atomic E-state index is 12.8. The lowest BCUT2D eigenvalue weighted by Crippen LogP contribution is -2.50. The van der Waals surface area contributed by atoms with Crippen molar-refractivity contribution in [3.05, 3.63) is 72.9 Å². The Bertz CT molecular complexity index is 1190. The predicted octanol–water partition coefficient (Wildman–Crippen LogP) is 13.1. The van der Waals surface area contributed by atoms with Crippen LogP contribution in [0.15, 0.2) is 72.9 Å². The normalized spacial score (nSPS) is 13.6. The molecule has 0 spiro atoms. The van der Waals surface area contributed by atoms with Gasteiger partial charge in [0, 0.05) is 19.3 Å². The van der Waals surface area contributed by atoms with Crippen molar-refractivity contribution in [3.8, 4) is 0 Å². The van der Waals surface area contributed by atoms with Gasteiger partial charge < -0.3 is 23.8 Å². The number of esters is 2. The van der Waals surface area contributed by atoms with Gasteiger partial charge in [-0.25, -0.2) is 4.79 Å². The van der Waals surface area contributed by atoms with Crippen LogP contribution in [-0.4, -0.2) is 80.6 Å². The van der Waals surface area contributed by atoms with Crippen LogP contribution in [0.5, 0.6) is 0 Å². The van der Waals surface area contributed by atoms with Crippen LogP contribution in [0.3, 0.4) is 0 Å². The molecule has 1 N–H and O–H groups in total.